The number of nitrogens with one attached hydrogen (secondary N) is 1. The standard InChI is InChI=1S/C26H21NO5S/c1-2-31-25(29)24(28)23-14-13-17(33-23)8-7-15-27-26(30)32-16-22-20-11-5-3-9-18(20)19-10-4-6-12-21(19)22/h3-6,9-14,22H,2,15-16H2,1H3,(H,27,30). The first-order valence-corrected chi connectivity index (χ1v) is 11.3. The Morgan fingerprint density at radius 2 is 1.61 bits per heavy atom. The fourth-order valence-corrected chi connectivity index (χ4v) is 4.53. The summed E-state index contributed by atoms with van der Waals surface area (Å²) >= 11 is 1.10. The minimum atomic E-state index is -0.879. The molecule has 0 unspecified atom stereocenters. The predicted molar refractivity (Wildman–Crippen MR) is 125 cm³/mol. The maximum Gasteiger partial charge on any atom is 0.407 e. The average Bonchev–Trinajstić information content (AvgIpc) is 3.43. The minimum Gasteiger partial charge on any atom is -0.460 e. The number of thiophene rings is 1. The number of alkyl carbamates (subject to hydrolysis) is 1. The van der Waals surface area contributed by atoms with Crippen LogP contribution in [0.1, 0.15) is 38.5 Å². The van der Waals surface area contributed by atoms with Crippen molar-refractivity contribution in [1.82, 2.24) is 5.32 Å². The zero-order valence-corrected chi connectivity index (χ0v) is 18.7. The van der Waals surface area contributed by atoms with Crippen molar-refractivity contribution in [2.24, 2.45) is 0 Å². The van der Waals surface area contributed by atoms with Crippen LogP contribution in [0.4, 0.5) is 4.79 Å². The average molecular weight is 460 g/mol. The van der Waals surface area contributed by atoms with Gasteiger partial charge in [0.25, 0.3) is 5.78 Å². The molecule has 0 aliphatic heterocycles. The molecule has 1 aliphatic carbocycles. The first-order chi connectivity index (χ1) is 16.1. The van der Waals surface area contributed by atoms with Crippen molar-refractivity contribution in [2.45, 2.75) is 12.8 Å². The van der Waals surface area contributed by atoms with E-state index in [4.69, 9.17) is 9.47 Å². The SMILES string of the molecule is CCOC(=O)C(=O)c1ccc(C#CCNC(=O)OCC2c3ccccc3-c3ccccc32)s1. The number of rotatable bonds is 6. The number of Topliss-reactive ketones (excluding diaryl/α,β-unsaturated/α-hetero) is 1. The van der Waals surface area contributed by atoms with E-state index in [0.29, 0.717) is 4.88 Å². The quantitative estimate of drug-likeness (QED) is 0.256. The molecule has 0 atom stereocenters. The highest BCUT2D eigenvalue weighted by molar-refractivity contribution is 7.15. The van der Waals surface area contributed by atoms with Gasteiger partial charge in [-0.25, -0.2) is 9.59 Å². The lowest BCUT2D eigenvalue weighted by Gasteiger charge is -2.14. The lowest BCUT2D eigenvalue weighted by molar-refractivity contribution is -0.137. The molecule has 1 N–H and O–H groups in total. The van der Waals surface area contributed by atoms with Crippen LogP contribution in [0.3, 0.4) is 0 Å². The molecule has 0 fully saturated rings. The van der Waals surface area contributed by atoms with Crippen molar-refractivity contribution in [3.05, 3.63) is 81.5 Å². The van der Waals surface area contributed by atoms with Gasteiger partial charge >= 0.3 is 12.1 Å². The maximum atomic E-state index is 12.2. The second kappa shape index (κ2) is 10.2. The normalized spacial score (nSPS) is 11.5. The number of carbonyl (C=O) groups excluding carboxylic acids is 3. The molecule has 166 valence electrons. The van der Waals surface area contributed by atoms with Crippen LogP contribution in [0, 0.1) is 11.8 Å². The van der Waals surface area contributed by atoms with Crippen LogP contribution in [-0.2, 0) is 14.3 Å². The molecule has 1 amide bonds. The van der Waals surface area contributed by atoms with Crippen molar-refractivity contribution in [2.75, 3.05) is 19.8 Å². The Kier molecular flexibility index (Phi) is 6.86. The second-order valence-corrected chi connectivity index (χ2v) is 8.28. The molecule has 33 heavy (non-hydrogen) atoms. The molecule has 1 aliphatic rings. The molecule has 3 aromatic rings. The van der Waals surface area contributed by atoms with Crippen LogP contribution in [0.2, 0.25) is 0 Å². The number of hydrogen-bond acceptors (Lipinski definition) is 6. The first-order valence-electron chi connectivity index (χ1n) is 10.5. The Morgan fingerprint density at radius 1 is 0.939 bits per heavy atom. The van der Waals surface area contributed by atoms with Gasteiger partial charge in [-0.3, -0.25) is 4.79 Å². The van der Waals surface area contributed by atoms with Gasteiger partial charge in [0.05, 0.1) is 22.9 Å². The van der Waals surface area contributed by atoms with Crippen molar-refractivity contribution in [3.63, 3.8) is 0 Å². The summed E-state index contributed by atoms with van der Waals surface area (Å²) in [4.78, 5) is 36.5. The van der Waals surface area contributed by atoms with Crippen LogP contribution < -0.4 is 5.32 Å². The molecule has 0 spiro atoms. The molecule has 2 aromatic carbocycles. The number of hydrogen-bond donors (Lipinski definition) is 1. The smallest absolute Gasteiger partial charge is 0.407 e. The Labute approximate surface area is 195 Å². The van der Waals surface area contributed by atoms with Crippen molar-refractivity contribution >= 4 is 29.2 Å². The number of ketones is 1. The minimum absolute atomic E-state index is 0.00397. The molecule has 0 saturated heterocycles. The van der Waals surface area contributed by atoms with Crippen LogP contribution in [0.5, 0.6) is 0 Å². The van der Waals surface area contributed by atoms with E-state index in [2.05, 4.69) is 41.4 Å². The Bertz CT molecular complexity index is 1220. The third-order valence-corrected chi connectivity index (χ3v) is 6.17. The molecular weight excluding hydrogens is 438 g/mol. The van der Waals surface area contributed by atoms with Gasteiger partial charge in [-0.1, -0.05) is 60.4 Å². The highest BCUT2D eigenvalue weighted by Crippen LogP contribution is 2.44. The van der Waals surface area contributed by atoms with E-state index in [1.807, 2.05) is 24.3 Å². The fourth-order valence-electron chi connectivity index (χ4n) is 3.72. The predicted octanol–water partition coefficient (Wildman–Crippen LogP) is 4.38. The number of carbonyl (C=O) groups is 3. The lowest BCUT2D eigenvalue weighted by atomic mass is 9.98. The monoisotopic (exact) mass is 459 g/mol. The van der Waals surface area contributed by atoms with Crippen molar-refractivity contribution < 1.29 is 23.9 Å². The summed E-state index contributed by atoms with van der Waals surface area (Å²) in [5, 5.41) is 2.62. The summed E-state index contributed by atoms with van der Waals surface area (Å²) in [5.41, 5.74) is 4.64. The van der Waals surface area contributed by atoms with E-state index in [1.165, 1.54) is 17.2 Å². The van der Waals surface area contributed by atoms with E-state index in [-0.39, 0.29) is 30.6 Å². The zero-order chi connectivity index (χ0) is 23.2. The number of esters is 1. The van der Waals surface area contributed by atoms with Crippen molar-refractivity contribution in [3.8, 4) is 23.0 Å². The Morgan fingerprint density at radius 3 is 2.27 bits per heavy atom. The van der Waals surface area contributed by atoms with Crippen LogP contribution in [0.25, 0.3) is 11.1 Å². The summed E-state index contributed by atoms with van der Waals surface area (Å²) < 4.78 is 10.2. The van der Waals surface area contributed by atoms with Gasteiger partial charge in [-0.2, -0.15) is 0 Å². The largest absolute Gasteiger partial charge is 0.460 e. The fraction of sp³-hybridized carbons (Fsp3) is 0.192. The topological polar surface area (TPSA) is 81.7 Å². The highest BCUT2D eigenvalue weighted by atomic mass is 32.1. The number of benzene rings is 2. The number of ether oxygens (including phenoxy) is 2. The van der Waals surface area contributed by atoms with E-state index in [9.17, 15) is 14.4 Å². The highest BCUT2D eigenvalue weighted by Gasteiger charge is 2.28. The third kappa shape index (κ3) is 4.97. The molecule has 4 rings (SSSR count). The Balaban J connectivity index is 1.29. The van der Waals surface area contributed by atoms with Gasteiger partial charge in [0.2, 0.25) is 0 Å². The van der Waals surface area contributed by atoms with Crippen molar-refractivity contribution in [1.29, 1.82) is 0 Å². The summed E-state index contributed by atoms with van der Waals surface area (Å²) in [6.45, 7) is 2.11. The van der Waals surface area contributed by atoms with E-state index >= 15 is 0 Å². The van der Waals surface area contributed by atoms with Gasteiger partial charge in [-0.05, 0) is 41.3 Å². The van der Waals surface area contributed by atoms with Gasteiger partial charge in [-0.15, -0.1) is 11.3 Å². The van der Waals surface area contributed by atoms with Gasteiger partial charge in [0, 0.05) is 5.92 Å². The summed E-state index contributed by atoms with van der Waals surface area (Å²) in [5.74, 6) is 4.11. The maximum absolute atomic E-state index is 12.2. The molecule has 1 heterocycles. The summed E-state index contributed by atoms with van der Waals surface area (Å²) in [7, 11) is 0. The van der Waals surface area contributed by atoms with Crippen LogP contribution >= 0.6 is 11.3 Å². The van der Waals surface area contributed by atoms with Crippen LogP contribution in [-0.4, -0.2) is 37.6 Å². The number of amides is 1. The molecule has 7 heteroatoms. The lowest BCUT2D eigenvalue weighted by Crippen LogP contribution is -2.26. The molecule has 0 saturated carbocycles. The van der Waals surface area contributed by atoms with Gasteiger partial charge in [0.1, 0.15) is 6.61 Å². The third-order valence-electron chi connectivity index (χ3n) is 5.17. The summed E-state index contributed by atoms with van der Waals surface area (Å²) in [6, 6.07) is 19.5. The zero-order valence-electron chi connectivity index (χ0n) is 17.9. The van der Waals surface area contributed by atoms with Gasteiger partial charge < -0.3 is 14.8 Å². The number of fused-ring (bicyclic) bond motifs is 3. The molecule has 0 radical (unpaired) electrons. The first kappa shape index (κ1) is 22.3. The second-order valence-electron chi connectivity index (χ2n) is 7.19. The Hall–Kier alpha value is -3.89. The van der Waals surface area contributed by atoms with E-state index in [0.717, 1.165) is 22.5 Å². The molecule has 1 aromatic heterocycles. The summed E-state index contributed by atoms with van der Waals surface area (Å²) in [6.07, 6.45) is -0.546. The van der Waals surface area contributed by atoms with E-state index in [1.54, 1.807) is 13.0 Å². The molecule has 0 bridgehead atoms. The van der Waals surface area contributed by atoms with Crippen LogP contribution in [0.15, 0.2) is 60.7 Å². The molecular formula is C26H21NO5S. The van der Waals surface area contributed by atoms with E-state index < -0.39 is 17.8 Å². The van der Waals surface area contributed by atoms with Gasteiger partial charge in [0.15, 0.2) is 0 Å². The molecule has 6 nitrogen and oxygen atoms in total.